The largest absolute Gasteiger partial charge is 0.451 e. The molecule has 0 aliphatic carbocycles. The molecule has 4 aromatic rings. The summed E-state index contributed by atoms with van der Waals surface area (Å²) in [6.07, 6.45) is 1.63. The van der Waals surface area contributed by atoms with Crippen molar-refractivity contribution in [1.82, 2.24) is 4.98 Å². The highest BCUT2D eigenvalue weighted by atomic mass is 19.1. The van der Waals surface area contributed by atoms with Gasteiger partial charge in [-0.1, -0.05) is 29.8 Å². The number of aryl methyl sites for hydroxylation is 2. The van der Waals surface area contributed by atoms with Gasteiger partial charge in [-0.2, -0.15) is 0 Å². The first-order valence-corrected chi connectivity index (χ1v) is 9.00. The van der Waals surface area contributed by atoms with Gasteiger partial charge in [0.05, 0.1) is 6.54 Å². The quantitative estimate of drug-likeness (QED) is 0.478. The third kappa shape index (κ3) is 3.39. The fraction of sp³-hybridized carbons (Fsp3) is 0.130. The third-order valence-electron chi connectivity index (χ3n) is 4.71. The molecule has 28 heavy (non-hydrogen) atoms. The topological polar surface area (TPSA) is 46.3 Å². The highest BCUT2D eigenvalue weighted by molar-refractivity contribution is 6.07. The number of carbonyl (C=O) groups excluding carboxylic acids is 1. The summed E-state index contributed by atoms with van der Waals surface area (Å²) in [5.74, 6) is 0.193. The Kier molecular flexibility index (Phi) is 4.65. The van der Waals surface area contributed by atoms with E-state index < -0.39 is 0 Å². The molecule has 0 fully saturated rings. The first-order valence-electron chi connectivity index (χ1n) is 9.00. The zero-order valence-electron chi connectivity index (χ0n) is 15.6. The summed E-state index contributed by atoms with van der Waals surface area (Å²) in [5, 5.41) is 0.922. The van der Waals surface area contributed by atoms with Crippen LogP contribution in [0, 0.1) is 19.7 Å². The molecule has 0 radical (unpaired) electrons. The molecule has 2 aromatic carbocycles. The van der Waals surface area contributed by atoms with Gasteiger partial charge in [0.2, 0.25) is 0 Å². The van der Waals surface area contributed by atoms with Gasteiger partial charge in [0, 0.05) is 17.1 Å². The van der Waals surface area contributed by atoms with Crippen molar-refractivity contribution in [3.8, 4) is 0 Å². The van der Waals surface area contributed by atoms with E-state index in [0.29, 0.717) is 11.4 Å². The van der Waals surface area contributed by atoms with E-state index in [1.165, 1.54) is 12.1 Å². The van der Waals surface area contributed by atoms with E-state index in [-0.39, 0.29) is 24.0 Å². The van der Waals surface area contributed by atoms with Crippen molar-refractivity contribution in [3.63, 3.8) is 0 Å². The molecule has 1 amide bonds. The molecule has 0 saturated heterocycles. The molecule has 4 nitrogen and oxygen atoms in total. The number of rotatable bonds is 4. The number of carbonyl (C=O) groups is 1. The fourth-order valence-electron chi connectivity index (χ4n) is 3.20. The maximum atomic E-state index is 13.4. The number of amides is 1. The van der Waals surface area contributed by atoms with Crippen LogP contribution in [0.1, 0.15) is 27.2 Å². The summed E-state index contributed by atoms with van der Waals surface area (Å²) in [4.78, 5) is 19.3. The van der Waals surface area contributed by atoms with Gasteiger partial charge in [0.25, 0.3) is 5.91 Å². The predicted octanol–water partition coefficient (Wildman–Crippen LogP) is 5.43. The Morgan fingerprint density at radius 2 is 1.86 bits per heavy atom. The Balaban J connectivity index is 1.77. The van der Waals surface area contributed by atoms with Gasteiger partial charge in [-0.05, 0) is 55.8 Å². The highest BCUT2D eigenvalue weighted by Crippen LogP contribution is 2.28. The molecule has 0 N–H and O–H groups in total. The number of halogens is 1. The lowest BCUT2D eigenvalue weighted by atomic mass is 10.1. The Morgan fingerprint density at radius 1 is 1.07 bits per heavy atom. The van der Waals surface area contributed by atoms with Crippen LogP contribution in [-0.4, -0.2) is 10.9 Å². The lowest BCUT2D eigenvalue weighted by Crippen LogP contribution is -2.31. The predicted molar refractivity (Wildman–Crippen MR) is 107 cm³/mol. The lowest BCUT2D eigenvalue weighted by molar-refractivity contribution is 0.0959. The maximum Gasteiger partial charge on any atom is 0.295 e. The van der Waals surface area contributed by atoms with Crippen molar-refractivity contribution in [3.05, 3.63) is 95.1 Å². The number of aromatic nitrogens is 1. The SMILES string of the molecule is Cc1ccc2oc(C(=O)N(Cc3ccc(F)cc3)c3ccccn3)c(C)c2c1. The Labute approximate surface area is 162 Å². The molecular weight excluding hydrogens is 355 g/mol. The van der Waals surface area contributed by atoms with E-state index in [4.69, 9.17) is 4.42 Å². The van der Waals surface area contributed by atoms with E-state index in [9.17, 15) is 9.18 Å². The smallest absolute Gasteiger partial charge is 0.295 e. The van der Waals surface area contributed by atoms with Crippen molar-refractivity contribution in [2.24, 2.45) is 0 Å². The van der Waals surface area contributed by atoms with Crippen LogP contribution in [0.15, 0.2) is 71.3 Å². The molecule has 5 heteroatoms. The van der Waals surface area contributed by atoms with Crippen molar-refractivity contribution in [2.75, 3.05) is 4.90 Å². The molecule has 0 aliphatic heterocycles. The van der Waals surface area contributed by atoms with E-state index in [1.54, 1.807) is 35.4 Å². The minimum atomic E-state index is -0.317. The summed E-state index contributed by atoms with van der Waals surface area (Å²) in [5.41, 5.74) is 3.37. The molecule has 4 rings (SSSR count). The van der Waals surface area contributed by atoms with Gasteiger partial charge in [-0.3, -0.25) is 9.69 Å². The molecule has 0 bridgehead atoms. The van der Waals surface area contributed by atoms with E-state index in [2.05, 4.69) is 4.98 Å². The zero-order valence-corrected chi connectivity index (χ0v) is 15.6. The van der Waals surface area contributed by atoms with Crippen LogP contribution < -0.4 is 4.90 Å². The number of pyridine rings is 1. The lowest BCUT2D eigenvalue weighted by Gasteiger charge is -2.21. The van der Waals surface area contributed by atoms with Crippen molar-refractivity contribution < 1.29 is 13.6 Å². The Bertz CT molecular complexity index is 1130. The second-order valence-electron chi connectivity index (χ2n) is 6.76. The van der Waals surface area contributed by atoms with Crippen LogP contribution in [0.4, 0.5) is 10.2 Å². The van der Waals surface area contributed by atoms with Crippen molar-refractivity contribution >= 4 is 22.7 Å². The number of furan rings is 1. The van der Waals surface area contributed by atoms with Crippen LogP contribution >= 0.6 is 0 Å². The molecule has 0 saturated carbocycles. The number of hydrogen-bond donors (Lipinski definition) is 0. The van der Waals surface area contributed by atoms with Gasteiger partial charge in [0.1, 0.15) is 17.2 Å². The van der Waals surface area contributed by atoms with Gasteiger partial charge in [-0.25, -0.2) is 9.37 Å². The summed E-state index contributed by atoms with van der Waals surface area (Å²) >= 11 is 0. The van der Waals surface area contributed by atoms with E-state index in [1.807, 2.05) is 38.1 Å². The molecule has 2 aromatic heterocycles. The summed E-state index contributed by atoms with van der Waals surface area (Å²) in [6, 6.07) is 17.3. The van der Waals surface area contributed by atoms with E-state index >= 15 is 0 Å². The number of benzene rings is 2. The van der Waals surface area contributed by atoms with Gasteiger partial charge in [0.15, 0.2) is 5.76 Å². The van der Waals surface area contributed by atoms with Crippen LogP contribution in [0.2, 0.25) is 0 Å². The molecule has 0 aliphatic rings. The summed E-state index contributed by atoms with van der Waals surface area (Å²) in [7, 11) is 0. The Hall–Kier alpha value is -3.47. The maximum absolute atomic E-state index is 13.4. The standard InChI is InChI=1S/C23H19FN2O2/c1-15-6-11-20-19(13-15)16(2)22(28-20)23(27)26(21-5-3-4-12-25-21)14-17-7-9-18(24)10-8-17/h3-13H,14H2,1-2H3. The fourth-order valence-corrected chi connectivity index (χ4v) is 3.20. The van der Waals surface area contributed by atoms with Crippen molar-refractivity contribution in [1.29, 1.82) is 0 Å². The van der Waals surface area contributed by atoms with Crippen molar-refractivity contribution in [2.45, 2.75) is 20.4 Å². The van der Waals surface area contributed by atoms with Gasteiger partial charge >= 0.3 is 0 Å². The molecular formula is C23H19FN2O2. The molecule has 140 valence electrons. The number of nitrogens with zero attached hydrogens (tertiary/aromatic N) is 2. The molecule has 0 unspecified atom stereocenters. The van der Waals surface area contributed by atoms with Crippen LogP contribution in [0.5, 0.6) is 0 Å². The minimum Gasteiger partial charge on any atom is -0.451 e. The van der Waals surface area contributed by atoms with Gasteiger partial charge < -0.3 is 4.42 Å². The average molecular weight is 374 g/mol. The molecule has 0 spiro atoms. The van der Waals surface area contributed by atoms with Crippen LogP contribution in [-0.2, 0) is 6.54 Å². The van der Waals surface area contributed by atoms with Crippen LogP contribution in [0.25, 0.3) is 11.0 Å². The third-order valence-corrected chi connectivity index (χ3v) is 4.71. The zero-order chi connectivity index (χ0) is 19.7. The second kappa shape index (κ2) is 7.27. The van der Waals surface area contributed by atoms with E-state index in [0.717, 1.165) is 22.1 Å². The molecule has 0 atom stereocenters. The Morgan fingerprint density at radius 3 is 2.57 bits per heavy atom. The summed E-state index contributed by atoms with van der Waals surface area (Å²) < 4.78 is 19.2. The number of anilines is 1. The first kappa shape index (κ1) is 17.9. The first-order chi connectivity index (χ1) is 13.5. The second-order valence-corrected chi connectivity index (χ2v) is 6.76. The monoisotopic (exact) mass is 374 g/mol. The highest BCUT2D eigenvalue weighted by Gasteiger charge is 2.25. The molecule has 2 heterocycles. The number of fused-ring (bicyclic) bond motifs is 1. The summed E-state index contributed by atoms with van der Waals surface area (Å²) in [6.45, 7) is 4.14. The normalized spacial score (nSPS) is 11.0. The number of hydrogen-bond acceptors (Lipinski definition) is 3. The van der Waals surface area contributed by atoms with Crippen LogP contribution in [0.3, 0.4) is 0 Å². The van der Waals surface area contributed by atoms with Gasteiger partial charge in [-0.15, -0.1) is 0 Å². The minimum absolute atomic E-state index is 0.256. The average Bonchev–Trinajstić information content (AvgIpc) is 3.04.